The molecule has 220 valence electrons. The summed E-state index contributed by atoms with van der Waals surface area (Å²) >= 11 is 6.98. The van der Waals surface area contributed by atoms with E-state index in [0.717, 1.165) is 29.0 Å². The molecule has 8 nitrogen and oxygen atoms in total. The number of aromatic nitrogens is 2. The number of thiophene rings is 1. The van der Waals surface area contributed by atoms with Crippen LogP contribution in [-0.4, -0.2) is 40.8 Å². The number of anilines is 1. The van der Waals surface area contributed by atoms with Crippen molar-refractivity contribution >= 4 is 44.7 Å². The van der Waals surface area contributed by atoms with Crippen LogP contribution in [0.1, 0.15) is 29.5 Å². The first kappa shape index (κ1) is 30.0. The van der Waals surface area contributed by atoms with E-state index in [2.05, 4.69) is 15.3 Å². The van der Waals surface area contributed by atoms with Crippen molar-refractivity contribution in [1.29, 1.82) is 0 Å². The molecule has 5 rings (SSSR count). The topological polar surface area (TPSA) is 115 Å². The number of quaternary nitrogens is 1. The van der Waals surface area contributed by atoms with Crippen molar-refractivity contribution in [3.8, 4) is 11.3 Å². The van der Waals surface area contributed by atoms with Gasteiger partial charge in [-0.3, -0.25) is 9.78 Å². The van der Waals surface area contributed by atoms with E-state index in [0.29, 0.717) is 35.6 Å². The number of benzene rings is 1. The summed E-state index contributed by atoms with van der Waals surface area (Å²) in [4.78, 5) is 21.2. The molecule has 1 amide bonds. The SMILES string of the molecule is NC(=O)[C@@H]1CCC[N+]1(Cc1cc(NCc2ccncc2)nc(-c2ccc(C(F)(F)F)cc2)c1)S(=O)(=O)c1ccc(Cl)s1. The molecular weight excluding hydrogens is 611 g/mol. The highest BCUT2D eigenvalue weighted by Crippen LogP contribution is 2.41. The maximum atomic E-state index is 14.1. The van der Waals surface area contributed by atoms with Crippen LogP contribution in [0.4, 0.5) is 19.0 Å². The van der Waals surface area contributed by atoms with Crippen LogP contribution in [-0.2, 0) is 34.1 Å². The molecule has 0 spiro atoms. The Morgan fingerprint density at radius 2 is 1.79 bits per heavy atom. The van der Waals surface area contributed by atoms with Crippen LogP contribution in [0.2, 0.25) is 4.34 Å². The van der Waals surface area contributed by atoms with Gasteiger partial charge in [-0.2, -0.15) is 25.5 Å². The number of carbonyl (C=O) groups is 1. The van der Waals surface area contributed by atoms with Gasteiger partial charge in [0.25, 0.3) is 5.91 Å². The number of primary amides is 1. The highest BCUT2D eigenvalue weighted by atomic mass is 35.5. The number of halogens is 4. The molecule has 3 N–H and O–H groups in total. The number of likely N-dealkylation sites (tertiary alicyclic amines) is 1. The summed E-state index contributed by atoms with van der Waals surface area (Å²) in [5.74, 6) is -0.351. The smallest absolute Gasteiger partial charge is 0.366 e. The van der Waals surface area contributed by atoms with Crippen molar-refractivity contribution in [2.75, 3.05) is 11.9 Å². The third-order valence-corrected chi connectivity index (χ3v) is 11.3. The predicted octanol–water partition coefficient (Wildman–Crippen LogP) is 5.84. The largest absolute Gasteiger partial charge is 0.416 e. The second kappa shape index (κ2) is 11.6. The van der Waals surface area contributed by atoms with Gasteiger partial charge in [-0.15, -0.1) is 11.3 Å². The number of nitrogens with one attached hydrogen (secondary N) is 1. The fourth-order valence-electron chi connectivity index (χ4n) is 5.24. The summed E-state index contributed by atoms with van der Waals surface area (Å²) < 4.78 is 67.6. The van der Waals surface area contributed by atoms with Gasteiger partial charge in [0.2, 0.25) is 0 Å². The molecule has 2 atom stereocenters. The van der Waals surface area contributed by atoms with E-state index < -0.39 is 37.6 Å². The van der Waals surface area contributed by atoms with E-state index in [-0.39, 0.29) is 28.1 Å². The minimum Gasteiger partial charge on any atom is -0.366 e. The van der Waals surface area contributed by atoms with Crippen molar-refractivity contribution < 1.29 is 30.3 Å². The summed E-state index contributed by atoms with van der Waals surface area (Å²) in [6.45, 7) is 0.385. The molecule has 4 aromatic rings. The average Bonchev–Trinajstić information content (AvgIpc) is 3.60. The zero-order chi connectivity index (χ0) is 30.1. The van der Waals surface area contributed by atoms with E-state index in [1.54, 1.807) is 24.5 Å². The highest BCUT2D eigenvalue weighted by Gasteiger charge is 2.55. The third kappa shape index (κ3) is 6.00. The van der Waals surface area contributed by atoms with Crippen LogP contribution in [0.3, 0.4) is 0 Å². The molecule has 1 saturated heterocycles. The number of hydrogen-bond acceptors (Lipinski definition) is 7. The number of nitrogens with zero attached hydrogens (tertiary/aromatic N) is 3. The van der Waals surface area contributed by atoms with Gasteiger partial charge >= 0.3 is 16.2 Å². The first-order valence-electron chi connectivity index (χ1n) is 12.9. The number of alkyl halides is 3. The van der Waals surface area contributed by atoms with Gasteiger partial charge < -0.3 is 11.1 Å². The summed E-state index contributed by atoms with van der Waals surface area (Å²) in [6.07, 6.45) is -0.475. The van der Waals surface area contributed by atoms with Gasteiger partial charge in [0.15, 0.2) is 10.3 Å². The molecular formula is C28H26ClF3N5O3S2+. The number of nitrogens with two attached hydrogens (primary N) is 1. The number of amides is 1. The molecule has 1 fully saturated rings. The number of rotatable bonds is 9. The molecule has 14 heteroatoms. The minimum atomic E-state index is -4.50. The fraction of sp³-hybridized carbons (Fsp3) is 0.250. The summed E-state index contributed by atoms with van der Waals surface area (Å²) in [5, 5.41) is 3.21. The molecule has 1 aromatic carbocycles. The lowest BCUT2D eigenvalue weighted by Gasteiger charge is -2.36. The maximum absolute atomic E-state index is 14.1. The Morgan fingerprint density at radius 1 is 1.07 bits per heavy atom. The lowest BCUT2D eigenvalue weighted by atomic mass is 10.1. The van der Waals surface area contributed by atoms with Gasteiger partial charge in [0.1, 0.15) is 12.4 Å². The van der Waals surface area contributed by atoms with Crippen LogP contribution in [0, 0.1) is 0 Å². The summed E-state index contributed by atoms with van der Waals surface area (Å²) in [7, 11) is -4.14. The Morgan fingerprint density at radius 3 is 2.40 bits per heavy atom. The standard InChI is InChI=1S/C28H25ClF3N5O3S2/c29-24-7-8-26(41-24)42(39,40)37(13-1-2-23(37)27(33)38)17-19-14-22(20-3-5-21(6-4-20)28(30,31)32)36-25(15-19)35-16-18-9-11-34-12-10-18/h3-12,14-15,23H,1-2,13,16-17H2,(H2-,33,35,36,38)/p+1/t23-,37?/m0/s1. The predicted molar refractivity (Wildman–Crippen MR) is 154 cm³/mol. The van der Waals surface area contributed by atoms with Gasteiger partial charge in [0.05, 0.1) is 22.1 Å². The second-order valence-corrected chi connectivity index (χ2v) is 14.0. The first-order chi connectivity index (χ1) is 19.9. The average molecular weight is 637 g/mol. The Balaban J connectivity index is 1.59. The van der Waals surface area contributed by atoms with Gasteiger partial charge in [-0.25, -0.2) is 4.98 Å². The molecule has 0 aliphatic carbocycles. The van der Waals surface area contributed by atoms with Gasteiger partial charge in [-0.1, -0.05) is 23.7 Å². The Bertz CT molecular complexity index is 1700. The lowest BCUT2D eigenvalue weighted by Crippen LogP contribution is -2.59. The van der Waals surface area contributed by atoms with Crippen molar-refractivity contribution in [1.82, 2.24) is 9.97 Å². The van der Waals surface area contributed by atoms with E-state index in [1.807, 2.05) is 12.1 Å². The molecule has 1 aliphatic rings. The van der Waals surface area contributed by atoms with Crippen molar-refractivity contribution in [2.24, 2.45) is 5.73 Å². The van der Waals surface area contributed by atoms with Gasteiger partial charge in [-0.05, 0) is 54.1 Å². The number of hydrogen-bond donors (Lipinski definition) is 2. The molecule has 1 unspecified atom stereocenters. The fourth-order valence-corrected chi connectivity index (χ4v) is 9.13. The Hall–Kier alpha value is -3.52. The van der Waals surface area contributed by atoms with Crippen LogP contribution < -0.4 is 11.1 Å². The molecule has 1 aliphatic heterocycles. The van der Waals surface area contributed by atoms with E-state index in [4.69, 9.17) is 17.3 Å². The quantitative estimate of drug-likeness (QED) is 0.223. The molecule has 0 bridgehead atoms. The summed E-state index contributed by atoms with van der Waals surface area (Å²) in [5.41, 5.74) is 7.11. The monoisotopic (exact) mass is 636 g/mol. The van der Waals surface area contributed by atoms with Crippen LogP contribution in [0.15, 0.2) is 77.3 Å². The Kier molecular flexibility index (Phi) is 8.30. The zero-order valence-electron chi connectivity index (χ0n) is 22.0. The zero-order valence-corrected chi connectivity index (χ0v) is 24.4. The first-order valence-corrected chi connectivity index (χ1v) is 15.5. The molecule has 0 radical (unpaired) electrons. The van der Waals surface area contributed by atoms with Crippen LogP contribution in [0.5, 0.6) is 0 Å². The lowest BCUT2D eigenvalue weighted by molar-refractivity contribution is -0.823. The van der Waals surface area contributed by atoms with Crippen molar-refractivity contribution in [2.45, 2.75) is 42.4 Å². The molecule has 4 heterocycles. The molecule has 3 aromatic heterocycles. The third-order valence-electron chi connectivity index (χ3n) is 7.26. The number of sulfonamides is 1. The molecule has 0 saturated carbocycles. The highest BCUT2D eigenvalue weighted by molar-refractivity contribution is 7.88. The maximum Gasteiger partial charge on any atom is 0.416 e. The summed E-state index contributed by atoms with van der Waals surface area (Å²) in [6, 6.07) is 13.4. The number of pyridine rings is 2. The van der Waals surface area contributed by atoms with E-state index in [1.165, 1.54) is 24.3 Å². The normalized spacial score (nSPS) is 19.1. The van der Waals surface area contributed by atoms with E-state index >= 15 is 0 Å². The van der Waals surface area contributed by atoms with Crippen LogP contribution >= 0.6 is 22.9 Å². The van der Waals surface area contributed by atoms with Crippen molar-refractivity contribution in [3.63, 3.8) is 0 Å². The molecule has 42 heavy (non-hydrogen) atoms. The number of carbonyl (C=O) groups excluding carboxylic acids is 1. The van der Waals surface area contributed by atoms with Gasteiger partial charge in [0, 0.05) is 42.9 Å². The van der Waals surface area contributed by atoms with E-state index in [9.17, 15) is 26.4 Å². The van der Waals surface area contributed by atoms with Crippen LogP contribution in [0.25, 0.3) is 11.3 Å². The van der Waals surface area contributed by atoms with Crippen molar-refractivity contribution in [3.05, 3.63) is 94.1 Å². The second-order valence-electron chi connectivity index (χ2n) is 9.96. The Labute approximate surface area is 249 Å². The minimum absolute atomic E-state index is 0.0219.